The lowest BCUT2D eigenvalue weighted by molar-refractivity contribution is -0.122. The maximum absolute atomic E-state index is 12.3. The molecule has 1 fully saturated rings. The largest absolute Gasteiger partial charge is 0.356 e. The molecule has 0 aromatic heterocycles. The molecule has 5 heteroatoms. The first-order valence-corrected chi connectivity index (χ1v) is 10.2. The zero-order valence-corrected chi connectivity index (χ0v) is 17.0. The van der Waals surface area contributed by atoms with E-state index in [9.17, 15) is 9.59 Å². The van der Waals surface area contributed by atoms with Gasteiger partial charge in [-0.1, -0.05) is 44.2 Å². The molecule has 0 spiro atoms. The van der Waals surface area contributed by atoms with Gasteiger partial charge in [0, 0.05) is 26.6 Å². The van der Waals surface area contributed by atoms with Crippen molar-refractivity contribution in [2.45, 2.75) is 52.5 Å². The van der Waals surface area contributed by atoms with Gasteiger partial charge in [0.2, 0.25) is 11.8 Å². The first-order chi connectivity index (χ1) is 12.9. The van der Waals surface area contributed by atoms with Crippen molar-refractivity contribution < 1.29 is 9.59 Å². The fraction of sp³-hybridized carbons (Fsp3) is 0.636. The Labute approximate surface area is 163 Å². The van der Waals surface area contributed by atoms with Crippen molar-refractivity contribution >= 4 is 11.8 Å². The zero-order valence-electron chi connectivity index (χ0n) is 17.0. The number of benzene rings is 1. The summed E-state index contributed by atoms with van der Waals surface area (Å²) in [6.07, 6.45) is 3.70. The number of hydrogen-bond acceptors (Lipinski definition) is 3. The molecule has 1 aliphatic heterocycles. The van der Waals surface area contributed by atoms with Crippen molar-refractivity contribution in [3.05, 3.63) is 35.9 Å². The maximum Gasteiger partial charge on any atom is 0.222 e. The van der Waals surface area contributed by atoms with Crippen LogP contribution < -0.4 is 10.6 Å². The van der Waals surface area contributed by atoms with Gasteiger partial charge in [-0.3, -0.25) is 9.59 Å². The minimum Gasteiger partial charge on any atom is -0.356 e. The Morgan fingerprint density at radius 2 is 1.78 bits per heavy atom. The number of nitrogens with zero attached hydrogens (tertiary/aromatic N) is 1. The molecule has 0 radical (unpaired) electrons. The number of rotatable bonds is 9. The normalized spacial score (nSPS) is 21.4. The molecule has 2 rings (SSSR count). The molecule has 1 aliphatic rings. The van der Waals surface area contributed by atoms with E-state index in [2.05, 4.69) is 29.4 Å². The third-order valence-electron chi connectivity index (χ3n) is 5.14. The summed E-state index contributed by atoms with van der Waals surface area (Å²) in [6.45, 7) is 10.4. The number of hydrogen-bond donors (Lipinski definition) is 2. The fourth-order valence-electron chi connectivity index (χ4n) is 4.10. The van der Waals surface area contributed by atoms with Gasteiger partial charge >= 0.3 is 0 Å². The van der Waals surface area contributed by atoms with Crippen LogP contribution in [0.5, 0.6) is 0 Å². The summed E-state index contributed by atoms with van der Waals surface area (Å²) < 4.78 is 0. The van der Waals surface area contributed by atoms with Crippen molar-refractivity contribution in [1.82, 2.24) is 15.5 Å². The first kappa shape index (κ1) is 21.4. The van der Waals surface area contributed by atoms with E-state index in [-0.39, 0.29) is 24.3 Å². The van der Waals surface area contributed by atoms with Crippen molar-refractivity contribution in [1.29, 1.82) is 0 Å². The minimum atomic E-state index is -0.278. The summed E-state index contributed by atoms with van der Waals surface area (Å²) in [7, 11) is 0. The lowest BCUT2D eigenvalue weighted by atomic mass is 9.92. The molecule has 0 saturated carbocycles. The molecular weight excluding hydrogens is 338 g/mol. The third-order valence-corrected chi connectivity index (χ3v) is 5.14. The van der Waals surface area contributed by atoms with Crippen LogP contribution in [0.4, 0.5) is 0 Å². The van der Waals surface area contributed by atoms with Gasteiger partial charge in [0.15, 0.2) is 0 Å². The van der Waals surface area contributed by atoms with Gasteiger partial charge in [0.25, 0.3) is 0 Å². The van der Waals surface area contributed by atoms with Crippen LogP contribution in [0.15, 0.2) is 30.3 Å². The van der Waals surface area contributed by atoms with Gasteiger partial charge in [0.1, 0.15) is 0 Å². The molecule has 150 valence electrons. The number of likely N-dealkylation sites (tertiary alicyclic amines) is 1. The number of amides is 2. The second-order valence-corrected chi connectivity index (χ2v) is 8.13. The molecule has 1 heterocycles. The summed E-state index contributed by atoms with van der Waals surface area (Å²) in [5.74, 6) is 1.44. The molecule has 1 aromatic rings. The second-order valence-electron chi connectivity index (χ2n) is 8.13. The second kappa shape index (κ2) is 11.1. The minimum absolute atomic E-state index is 0.0159. The molecule has 1 saturated heterocycles. The average Bonchev–Trinajstić information content (AvgIpc) is 2.60. The lowest BCUT2D eigenvalue weighted by Crippen LogP contribution is -2.39. The van der Waals surface area contributed by atoms with Gasteiger partial charge < -0.3 is 15.5 Å². The zero-order chi connectivity index (χ0) is 19.6. The van der Waals surface area contributed by atoms with Crippen LogP contribution in [0, 0.1) is 11.8 Å². The van der Waals surface area contributed by atoms with Crippen LogP contribution in [-0.2, 0) is 9.59 Å². The van der Waals surface area contributed by atoms with Crippen LogP contribution in [-0.4, -0.2) is 42.9 Å². The van der Waals surface area contributed by atoms with E-state index in [0.717, 1.165) is 36.8 Å². The maximum atomic E-state index is 12.3. The number of unbranched alkanes of at least 4 members (excludes halogenated alkanes) is 1. The molecule has 0 bridgehead atoms. The summed E-state index contributed by atoms with van der Waals surface area (Å²) >= 11 is 0. The highest BCUT2D eigenvalue weighted by molar-refractivity contribution is 5.79. The molecule has 3 atom stereocenters. The van der Waals surface area contributed by atoms with E-state index in [1.807, 2.05) is 30.3 Å². The van der Waals surface area contributed by atoms with E-state index >= 15 is 0 Å². The highest BCUT2D eigenvalue weighted by atomic mass is 16.2. The van der Waals surface area contributed by atoms with Crippen LogP contribution in [0.25, 0.3) is 0 Å². The van der Waals surface area contributed by atoms with Crippen LogP contribution in [0.2, 0.25) is 0 Å². The van der Waals surface area contributed by atoms with E-state index in [1.54, 1.807) is 0 Å². The van der Waals surface area contributed by atoms with Crippen LogP contribution in [0.1, 0.15) is 58.1 Å². The third kappa shape index (κ3) is 8.12. The number of carbonyl (C=O) groups excluding carboxylic acids is 2. The number of nitrogens with one attached hydrogen (secondary N) is 2. The van der Waals surface area contributed by atoms with Crippen LogP contribution >= 0.6 is 0 Å². The van der Waals surface area contributed by atoms with Crippen LogP contribution in [0.3, 0.4) is 0 Å². The summed E-state index contributed by atoms with van der Waals surface area (Å²) in [5.41, 5.74) is 0.955. The predicted octanol–water partition coefficient (Wildman–Crippen LogP) is 3.13. The topological polar surface area (TPSA) is 61.4 Å². The Kier molecular flexibility index (Phi) is 8.79. The summed E-state index contributed by atoms with van der Waals surface area (Å²) in [6, 6.07) is 9.37. The SMILES string of the molecule is CC(=O)NC(CC(=O)NCCCCN1CC(C)CC(C)C1)c1ccccc1. The summed E-state index contributed by atoms with van der Waals surface area (Å²) in [5, 5.41) is 5.88. The molecular formula is C22H35N3O2. The first-order valence-electron chi connectivity index (χ1n) is 10.2. The Bertz CT molecular complexity index is 580. The predicted molar refractivity (Wildman–Crippen MR) is 109 cm³/mol. The Balaban J connectivity index is 1.67. The smallest absolute Gasteiger partial charge is 0.222 e. The van der Waals surface area contributed by atoms with Crippen molar-refractivity contribution in [2.75, 3.05) is 26.2 Å². The van der Waals surface area contributed by atoms with E-state index in [4.69, 9.17) is 0 Å². The molecule has 2 N–H and O–H groups in total. The molecule has 5 nitrogen and oxygen atoms in total. The standard InChI is InChI=1S/C22H35N3O2/c1-17-13-18(2)16-25(15-17)12-8-7-11-23-22(27)14-21(24-19(3)26)20-9-5-4-6-10-20/h4-6,9-10,17-18,21H,7-8,11-16H2,1-3H3,(H,23,27)(H,24,26). The van der Waals surface area contributed by atoms with Gasteiger partial charge in [-0.25, -0.2) is 0 Å². The van der Waals surface area contributed by atoms with E-state index in [0.29, 0.717) is 6.54 Å². The van der Waals surface area contributed by atoms with Gasteiger partial charge in [-0.05, 0) is 43.2 Å². The Morgan fingerprint density at radius 1 is 1.11 bits per heavy atom. The number of piperidine rings is 1. The number of carbonyl (C=O) groups is 2. The van der Waals surface area contributed by atoms with Gasteiger partial charge in [0.05, 0.1) is 12.5 Å². The average molecular weight is 374 g/mol. The van der Waals surface area contributed by atoms with Crippen molar-refractivity contribution in [2.24, 2.45) is 11.8 Å². The van der Waals surface area contributed by atoms with Crippen molar-refractivity contribution in [3.8, 4) is 0 Å². The fourth-order valence-corrected chi connectivity index (χ4v) is 4.10. The van der Waals surface area contributed by atoms with Crippen molar-refractivity contribution in [3.63, 3.8) is 0 Å². The highest BCUT2D eigenvalue weighted by Gasteiger charge is 2.21. The highest BCUT2D eigenvalue weighted by Crippen LogP contribution is 2.21. The molecule has 1 aromatic carbocycles. The Hall–Kier alpha value is -1.88. The monoisotopic (exact) mass is 373 g/mol. The van der Waals surface area contributed by atoms with Gasteiger partial charge in [-0.2, -0.15) is 0 Å². The molecule has 0 aliphatic carbocycles. The lowest BCUT2D eigenvalue weighted by Gasteiger charge is -2.34. The van der Waals surface area contributed by atoms with E-state index in [1.165, 1.54) is 26.4 Å². The quantitative estimate of drug-likeness (QED) is 0.654. The van der Waals surface area contributed by atoms with E-state index < -0.39 is 0 Å². The molecule has 3 unspecified atom stereocenters. The molecule has 27 heavy (non-hydrogen) atoms. The molecule has 2 amide bonds. The Morgan fingerprint density at radius 3 is 2.41 bits per heavy atom. The summed E-state index contributed by atoms with van der Waals surface area (Å²) in [4.78, 5) is 26.3. The van der Waals surface area contributed by atoms with Gasteiger partial charge in [-0.15, -0.1) is 0 Å².